The van der Waals surface area contributed by atoms with Crippen LogP contribution in [0.5, 0.6) is 11.5 Å². The van der Waals surface area contributed by atoms with E-state index in [1.807, 2.05) is 12.1 Å². The summed E-state index contributed by atoms with van der Waals surface area (Å²) < 4.78 is 10.1. The zero-order chi connectivity index (χ0) is 10.2. The number of nitriles is 2. The molecule has 0 heterocycles. The minimum atomic E-state index is 0.00169. The van der Waals surface area contributed by atoms with Crippen LogP contribution in [0.3, 0.4) is 0 Å². The Balaban J connectivity index is 2.61. The lowest BCUT2D eigenvalue weighted by molar-refractivity contribution is 0.349. The molecule has 0 saturated heterocycles. The van der Waals surface area contributed by atoms with Crippen molar-refractivity contribution < 1.29 is 9.47 Å². The molecule has 0 aromatic heterocycles. The first-order valence-electron chi connectivity index (χ1n) is 3.96. The second kappa shape index (κ2) is 5.45. The summed E-state index contributed by atoms with van der Waals surface area (Å²) in [5.74, 6) is 1.11. The van der Waals surface area contributed by atoms with E-state index in [0.29, 0.717) is 11.5 Å². The van der Waals surface area contributed by atoms with E-state index in [2.05, 4.69) is 0 Å². The Kier molecular flexibility index (Phi) is 3.85. The molecule has 4 heteroatoms. The third-order valence-electron chi connectivity index (χ3n) is 1.41. The summed E-state index contributed by atoms with van der Waals surface area (Å²) in [5, 5.41) is 16.6. The maximum absolute atomic E-state index is 8.29. The van der Waals surface area contributed by atoms with Crippen molar-refractivity contribution in [1.29, 1.82) is 10.5 Å². The lowest BCUT2D eigenvalue weighted by Crippen LogP contribution is -1.96. The molecule has 0 bridgehead atoms. The van der Waals surface area contributed by atoms with Gasteiger partial charge >= 0.3 is 0 Å². The first kappa shape index (κ1) is 9.88. The SMILES string of the molecule is N#CCOc1cccc(OCC#N)c1. The third kappa shape index (κ3) is 3.04. The number of ether oxygens (including phenoxy) is 2. The van der Waals surface area contributed by atoms with Gasteiger partial charge in [-0.25, -0.2) is 0 Å². The van der Waals surface area contributed by atoms with Crippen molar-refractivity contribution >= 4 is 0 Å². The maximum Gasteiger partial charge on any atom is 0.174 e. The van der Waals surface area contributed by atoms with Gasteiger partial charge in [-0.05, 0) is 12.1 Å². The topological polar surface area (TPSA) is 66.0 Å². The molecule has 1 aromatic rings. The molecule has 4 nitrogen and oxygen atoms in total. The van der Waals surface area contributed by atoms with Gasteiger partial charge in [0.25, 0.3) is 0 Å². The molecular weight excluding hydrogens is 180 g/mol. The van der Waals surface area contributed by atoms with Crippen molar-refractivity contribution in [3.8, 4) is 23.6 Å². The molecule has 0 saturated carbocycles. The quantitative estimate of drug-likeness (QED) is 0.717. The van der Waals surface area contributed by atoms with Crippen LogP contribution < -0.4 is 9.47 Å². The highest BCUT2D eigenvalue weighted by Crippen LogP contribution is 2.18. The van der Waals surface area contributed by atoms with Crippen LogP contribution in [0.2, 0.25) is 0 Å². The zero-order valence-corrected chi connectivity index (χ0v) is 7.43. The standard InChI is InChI=1S/C10H8N2O2/c11-4-6-13-9-2-1-3-10(8-9)14-7-5-12/h1-3,8H,6-7H2. The molecule has 0 atom stereocenters. The van der Waals surface area contributed by atoms with E-state index in [4.69, 9.17) is 20.0 Å². The lowest BCUT2D eigenvalue weighted by Gasteiger charge is -2.04. The Morgan fingerprint density at radius 1 is 1.00 bits per heavy atom. The van der Waals surface area contributed by atoms with Crippen LogP contribution in [0.4, 0.5) is 0 Å². The number of benzene rings is 1. The summed E-state index contributed by atoms with van der Waals surface area (Å²) in [5.41, 5.74) is 0. The smallest absolute Gasteiger partial charge is 0.174 e. The van der Waals surface area contributed by atoms with Crippen LogP contribution in [0.15, 0.2) is 24.3 Å². The van der Waals surface area contributed by atoms with Gasteiger partial charge in [0.1, 0.15) is 23.6 Å². The third-order valence-corrected chi connectivity index (χ3v) is 1.41. The molecule has 1 aromatic carbocycles. The monoisotopic (exact) mass is 188 g/mol. The van der Waals surface area contributed by atoms with Crippen LogP contribution in [0.1, 0.15) is 0 Å². The van der Waals surface area contributed by atoms with E-state index in [1.165, 1.54) is 0 Å². The van der Waals surface area contributed by atoms with Gasteiger partial charge in [0.15, 0.2) is 13.2 Å². The number of hydrogen-bond acceptors (Lipinski definition) is 4. The second-order valence-corrected chi connectivity index (χ2v) is 2.37. The summed E-state index contributed by atoms with van der Waals surface area (Å²) in [4.78, 5) is 0. The largest absolute Gasteiger partial charge is 0.479 e. The fourth-order valence-corrected chi connectivity index (χ4v) is 0.885. The van der Waals surface area contributed by atoms with Crippen molar-refractivity contribution in [3.63, 3.8) is 0 Å². The number of hydrogen-bond donors (Lipinski definition) is 0. The molecule has 0 radical (unpaired) electrons. The molecular formula is C10H8N2O2. The lowest BCUT2D eigenvalue weighted by atomic mass is 10.3. The Bertz CT molecular complexity index is 343. The fourth-order valence-electron chi connectivity index (χ4n) is 0.885. The van der Waals surface area contributed by atoms with E-state index in [1.54, 1.807) is 24.3 Å². The normalized spacial score (nSPS) is 8.43. The summed E-state index contributed by atoms with van der Waals surface area (Å²) in [6.07, 6.45) is 0. The molecule has 0 fully saturated rings. The minimum Gasteiger partial charge on any atom is -0.479 e. The first-order chi connectivity index (χ1) is 6.86. The number of rotatable bonds is 4. The van der Waals surface area contributed by atoms with E-state index in [9.17, 15) is 0 Å². The first-order valence-corrected chi connectivity index (χ1v) is 3.96. The average Bonchev–Trinajstić information content (AvgIpc) is 2.24. The Morgan fingerprint density at radius 3 is 1.93 bits per heavy atom. The molecule has 1 rings (SSSR count). The van der Waals surface area contributed by atoms with E-state index in [-0.39, 0.29) is 13.2 Å². The molecule has 0 unspecified atom stereocenters. The van der Waals surface area contributed by atoms with Gasteiger partial charge in [0, 0.05) is 6.07 Å². The zero-order valence-electron chi connectivity index (χ0n) is 7.43. The summed E-state index contributed by atoms with van der Waals surface area (Å²) in [7, 11) is 0. The minimum absolute atomic E-state index is 0.00169. The van der Waals surface area contributed by atoms with Gasteiger partial charge in [-0.15, -0.1) is 0 Å². The Hall–Kier alpha value is -2.20. The van der Waals surface area contributed by atoms with Crippen LogP contribution in [0, 0.1) is 22.7 Å². The molecule has 14 heavy (non-hydrogen) atoms. The van der Waals surface area contributed by atoms with Gasteiger partial charge in [0.2, 0.25) is 0 Å². The van der Waals surface area contributed by atoms with Gasteiger partial charge in [-0.3, -0.25) is 0 Å². The number of nitrogens with zero attached hydrogens (tertiary/aromatic N) is 2. The Labute approximate surface area is 81.9 Å². The average molecular weight is 188 g/mol. The van der Waals surface area contributed by atoms with Crippen LogP contribution in [0.25, 0.3) is 0 Å². The summed E-state index contributed by atoms with van der Waals surface area (Å²) in [6.45, 7) is 0.00338. The van der Waals surface area contributed by atoms with Crippen molar-refractivity contribution in [3.05, 3.63) is 24.3 Å². The van der Waals surface area contributed by atoms with E-state index in [0.717, 1.165) is 0 Å². The van der Waals surface area contributed by atoms with Gasteiger partial charge in [-0.1, -0.05) is 6.07 Å². The van der Waals surface area contributed by atoms with Gasteiger partial charge in [0.05, 0.1) is 0 Å². The van der Waals surface area contributed by atoms with Gasteiger partial charge in [-0.2, -0.15) is 10.5 Å². The molecule has 0 spiro atoms. The highest BCUT2D eigenvalue weighted by molar-refractivity contribution is 5.33. The predicted molar refractivity (Wildman–Crippen MR) is 48.7 cm³/mol. The van der Waals surface area contributed by atoms with Crippen molar-refractivity contribution in [2.24, 2.45) is 0 Å². The van der Waals surface area contributed by atoms with Crippen LogP contribution in [-0.2, 0) is 0 Å². The molecule has 0 N–H and O–H groups in total. The van der Waals surface area contributed by atoms with Crippen molar-refractivity contribution in [2.45, 2.75) is 0 Å². The maximum atomic E-state index is 8.29. The molecule has 0 aliphatic heterocycles. The molecule has 70 valence electrons. The van der Waals surface area contributed by atoms with Gasteiger partial charge < -0.3 is 9.47 Å². The van der Waals surface area contributed by atoms with Crippen LogP contribution >= 0.6 is 0 Å². The molecule has 0 aliphatic carbocycles. The summed E-state index contributed by atoms with van der Waals surface area (Å²) in [6, 6.07) is 10.5. The summed E-state index contributed by atoms with van der Waals surface area (Å²) >= 11 is 0. The van der Waals surface area contributed by atoms with E-state index < -0.39 is 0 Å². The highest BCUT2D eigenvalue weighted by atomic mass is 16.5. The van der Waals surface area contributed by atoms with Crippen molar-refractivity contribution in [2.75, 3.05) is 13.2 Å². The van der Waals surface area contributed by atoms with E-state index >= 15 is 0 Å². The predicted octanol–water partition coefficient (Wildman–Crippen LogP) is 1.49. The highest BCUT2D eigenvalue weighted by Gasteiger charge is 1.96. The fraction of sp³-hybridized carbons (Fsp3) is 0.200. The Morgan fingerprint density at radius 2 is 1.50 bits per heavy atom. The van der Waals surface area contributed by atoms with Crippen molar-refractivity contribution in [1.82, 2.24) is 0 Å². The molecule has 0 aliphatic rings. The second-order valence-electron chi connectivity index (χ2n) is 2.37. The van der Waals surface area contributed by atoms with Crippen LogP contribution in [-0.4, -0.2) is 13.2 Å². The molecule has 0 amide bonds.